The third-order valence-electron chi connectivity index (χ3n) is 3.45. The van der Waals surface area contributed by atoms with Gasteiger partial charge in [0, 0.05) is 5.56 Å². The number of carbonyl (C=O) groups is 1. The molecule has 5 heteroatoms. The van der Waals surface area contributed by atoms with E-state index in [-0.39, 0.29) is 0 Å². The molecule has 118 valence electrons. The van der Waals surface area contributed by atoms with Crippen molar-refractivity contribution in [1.82, 2.24) is 0 Å². The lowest BCUT2D eigenvalue weighted by atomic mass is 10.1. The SMILES string of the molecule is COc1ccc(C2=CC(=Cc3ccc(C)o3)C(=O)O2)cc1OC. The lowest BCUT2D eigenvalue weighted by molar-refractivity contribution is -0.130. The topological polar surface area (TPSA) is 57.9 Å². The van der Waals surface area contributed by atoms with E-state index in [2.05, 4.69) is 0 Å². The van der Waals surface area contributed by atoms with Crippen molar-refractivity contribution in [3.63, 3.8) is 0 Å². The Morgan fingerprint density at radius 2 is 1.83 bits per heavy atom. The van der Waals surface area contributed by atoms with Gasteiger partial charge in [0.1, 0.15) is 17.3 Å². The highest BCUT2D eigenvalue weighted by Gasteiger charge is 2.23. The Kier molecular flexibility index (Phi) is 3.93. The molecule has 0 N–H and O–H groups in total. The van der Waals surface area contributed by atoms with Crippen LogP contribution >= 0.6 is 0 Å². The average Bonchev–Trinajstić information content (AvgIpc) is 3.13. The maximum atomic E-state index is 12.0. The molecule has 0 saturated carbocycles. The Bertz CT molecular complexity index is 811. The summed E-state index contributed by atoms with van der Waals surface area (Å²) in [5, 5.41) is 0. The van der Waals surface area contributed by atoms with Crippen molar-refractivity contribution in [3.05, 3.63) is 59.1 Å². The van der Waals surface area contributed by atoms with Gasteiger partial charge in [-0.3, -0.25) is 0 Å². The summed E-state index contributed by atoms with van der Waals surface area (Å²) in [6.45, 7) is 1.85. The van der Waals surface area contributed by atoms with Gasteiger partial charge in [-0.25, -0.2) is 4.79 Å². The maximum absolute atomic E-state index is 12.0. The molecule has 1 aliphatic heterocycles. The summed E-state index contributed by atoms with van der Waals surface area (Å²) in [5.74, 6) is 2.63. The van der Waals surface area contributed by atoms with Crippen LogP contribution in [0.25, 0.3) is 11.8 Å². The van der Waals surface area contributed by atoms with E-state index < -0.39 is 5.97 Å². The fourth-order valence-electron chi connectivity index (χ4n) is 2.31. The zero-order valence-corrected chi connectivity index (χ0v) is 13.1. The summed E-state index contributed by atoms with van der Waals surface area (Å²) in [6.07, 6.45) is 3.34. The smallest absolute Gasteiger partial charge is 0.343 e. The molecule has 0 fully saturated rings. The second-order valence-corrected chi connectivity index (χ2v) is 5.02. The van der Waals surface area contributed by atoms with Crippen LogP contribution < -0.4 is 9.47 Å². The van der Waals surface area contributed by atoms with Crippen molar-refractivity contribution in [2.24, 2.45) is 0 Å². The molecule has 0 bridgehead atoms. The third kappa shape index (κ3) is 2.99. The van der Waals surface area contributed by atoms with Crippen LogP contribution in [0.1, 0.15) is 17.1 Å². The number of carbonyl (C=O) groups excluding carboxylic acids is 1. The van der Waals surface area contributed by atoms with Crippen molar-refractivity contribution in [2.45, 2.75) is 6.92 Å². The van der Waals surface area contributed by atoms with E-state index in [1.807, 2.05) is 13.0 Å². The van der Waals surface area contributed by atoms with Crippen molar-refractivity contribution < 1.29 is 23.4 Å². The molecule has 23 heavy (non-hydrogen) atoms. The van der Waals surface area contributed by atoms with Crippen molar-refractivity contribution in [2.75, 3.05) is 14.2 Å². The molecule has 0 spiro atoms. The zero-order chi connectivity index (χ0) is 16.4. The van der Waals surface area contributed by atoms with E-state index >= 15 is 0 Å². The number of hydrogen-bond acceptors (Lipinski definition) is 5. The molecule has 2 heterocycles. The number of methoxy groups -OCH3 is 2. The Morgan fingerprint density at radius 3 is 2.48 bits per heavy atom. The molecule has 5 nitrogen and oxygen atoms in total. The molecule has 0 radical (unpaired) electrons. The quantitative estimate of drug-likeness (QED) is 0.638. The largest absolute Gasteiger partial charge is 0.493 e. The van der Waals surface area contributed by atoms with E-state index in [9.17, 15) is 4.79 Å². The van der Waals surface area contributed by atoms with Gasteiger partial charge in [0.05, 0.1) is 19.8 Å². The lowest BCUT2D eigenvalue weighted by Gasteiger charge is -2.09. The molecular weight excluding hydrogens is 296 g/mol. The van der Waals surface area contributed by atoms with Gasteiger partial charge in [0.2, 0.25) is 0 Å². The monoisotopic (exact) mass is 312 g/mol. The van der Waals surface area contributed by atoms with E-state index in [0.717, 1.165) is 11.3 Å². The molecule has 0 aliphatic carbocycles. The van der Waals surface area contributed by atoms with Crippen LogP contribution in [0.3, 0.4) is 0 Å². The van der Waals surface area contributed by atoms with Crippen LogP contribution in [0.15, 0.2) is 46.4 Å². The zero-order valence-electron chi connectivity index (χ0n) is 13.1. The second kappa shape index (κ2) is 6.04. The molecule has 0 amide bonds. The average molecular weight is 312 g/mol. The highest BCUT2D eigenvalue weighted by atomic mass is 16.5. The van der Waals surface area contributed by atoms with Crippen LogP contribution in [-0.4, -0.2) is 20.2 Å². The molecule has 0 saturated heterocycles. The van der Waals surface area contributed by atoms with Gasteiger partial charge in [-0.15, -0.1) is 0 Å². The first-order valence-electron chi connectivity index (χ1n) is 7.05. The fourth-order valence-corrected chi connectivity index (χ4v) is 2.31. The first-order valence-corrected chi connectivity index (χ1v) is 7.05. The van der Waals surface area contributed by atoms with E-state index in [4.69, 9.17) is 18.6 Å². The van der Waals surface area contributed by atoms with Crippen LogP contribution in [0.4, 0.5) is 0 Å². The van der Waals surface area contributed by atoms with E-state index in [1.165, 1.54) is 0 Å². The molecule has 0 unspecified atom stereocenters. The maximum Gasteiger partial charge on any atom is 0.343 e. The van der Waals surface area contributed by atoms with E-state index in [1.54, 1.807) is 50.6 Å². The molecule has 1 aromatic heterocycles. The molecule has 0 atom stereocenters. The highest BCUT2D eigenvalue weighted by Crippen LogP contribution is 2.34. The summed E-state index contributed by atoms with van der Waals surface area (Å²) >= 11 is 0. The van der Waals surface area contributed by atoms with Gasteiger partial charge in [-0.2, -0.15) is 0 Å². The van der Waals surface area contributed by atoms with Crippen molar-refractivity contribution in [1.29, 1.82) is 0 Å². The number of aryl methyl sites for hydroxylation is 1. The number of cyclic esters (lactones) is 1. The summed E-state index contributed by atoms with van der Waals surface area (Å²) < 4.78 is 21.2. The van der Waals surface area contributed by atoms with Gasteiger partial charge < -0.3 is 18.6 Å². The summed E-state index contributed by atoms with van der Waals surface area (Å²) in [7, 11) is 3.12. The van der Waals surface area contributed by atoms with Crippen LogP contribution in [0.5, 0.6) is 11.5 Å². The van der Waals surface area contributed by atoms with Gasteiger partial charge in [0.25, 0.3) is 0 Å². The van der Waals surface area contributed by atoms with Gasteiger partial charge in [-0.05, 0) is 49.4 Å². The van der Waals surface area contributed by atoms with Gasteiger partial charge in [0.15, 0.2) is 11.5 Å². The van der Waals surface area contributed by atoms with E-state index in [0.29, 0.717) is 28.6 Å². The number of benzene rings is 1. The second-order valence-electron chi connectivity index (χ2n) is 5.02. The summed E-state index contributed by atoms with van der Waals surface area (Å²) in [6, 6.07) is 8.97. The minimum absolute atomic E-state index is 0.413. The Labute approximate surface area is 133 Å². The summed E-state index contributed by atoms with van der Waals surface area (Å²) in [5.41, 5.74) is 1.17. The molecule has 1 aromatic carbocycles. The van der Waals surface area contributed by atoms with Gasteiger partial charge >= 0.3 is 5.97 Å². The fraction of sp³-hybridized carbons (Fsp3) is 0.167. The first-order chi connectivity index (χ1) is 11.1. The Balaban J connectivity index is 1.93. The number of ether oxygens (including phenoxy) is 3. The predicted molar refractivity (Wildman–Crippen MR) is 85.0 cm³/mol. The molecular formula is C18H16O5. The lowest BCUT2D eigenvalue weighted by Crippen LogP contribution is -1.97. The standard InChI is InChI=1S/C18H16O5/c1-11-4-6-14(22-11)8-13-10-16(23-18(13)19)12-5-7-15(20-2)17(9-12)21-3/h4-10H,1-3H3. The third-order valence-corrected chi connectivity index (χ3v) is 3.45. The Morgan fingerprint density at radius 1 is 1.04 bits per heavy atom. The molecule has 2 aromatic rings. The van der Waals surface area contributed by atoms with Crippen LogP contribution in [-0.2, 0) is 9.53 Å². The first kappa shape index (κ1) is 15.0. The molecule has 3 rings (SSSR count). The minimum atomic E-state index is -0.413. The van der Waals surface area contributed by atoms with Gasteiger partial charge in [-0.1, -0.05) is 0 Å². The van der Waals surface area contributed by atoms with Crippen LogP contribution in [0.2, 0.25) is 0 Å². The molecule has 1 aliphatic rings. The normalized spacial score (nSPS) is 15.5. The number of furan rings is 1. The van der Waals surface area contributed by atoms with Crippen LogP contribution in [0, 0.1) is 6.92 Å². The number of hydrogen-bond donors (Lipinski definition) is 0. The predicted octanol–water partition coefficient (Wildman–Crippen LogP) is 3.59. The minimum Gasteiger partial charge on any atom is -0.493 e. The Hall–Kier alpha value is -2.95. The van der Waals surface area contributed by atoms with Crippen molar-refractivity contribution >= 4 is 17.8 Å². The van der Waals surface area contributed by atoms with Crippen molar-refractivity contribution in [3.8, 4) is 11.5 Å². The summed E-state index contributed by atoms with van der Waals surface area (Å²) in [4.78, 5) is 12.0. The highest BCUT2D eigenvalue weighted by molar-refractivity contribution is 6.04. The number of rotatable bonds is 4. The number of esters is 1.